The molecule has 1 fully saturated rings. The minimum atomic E-state index is 0.435. The van der Waals surface area contributed by atoms with Gasteiger partial charge >= 0.3 is 0 Å². The summed E-state index contributed by atoms with van der Waals surface area (Å²) in [6.07, 6.45) is 4.78. The van der Waals surface area contributed by atoms with Gasteiger partial charge in [-0.05, 0) is 25.2 Å². The molecule has 0 amide bonds. The van der Waals surface area contributed by atoms with E-state index in [1.807, 2.05) is 6.92 Å². The number of hydrogen-bond acceptors (Lipinski definition) is 4. The lowest BCUT2D eigenvalue weighted by atomic mass is 9.87. The molecule has 1 aliphatic rings. The zero-order valence-corrected chi connectivity index (χ0v) is 10.4. The predicted molar refractivity (Wildman–Crippen MR) is 62.2 cm³/mol. The fraction of sp³-hybridized carbons (Fsp3) is 0.833. The number of aryl methyl sites for hydroxylation is 1. The van der Waals surface area contributed by atoms with Crippen LogP contribution in [0, 0.1) is 12.3 Å². The molecule has 1 atom stereocenters. The maximum absolute atomic E-state index is 5.08. The number of nitrogens with zero attached hydrogens (tertiary/aromatic N) is 2. The summed E-state index contributed by atoms with van der Waals surface area (Å²) >= 11 is 0. The zero-order valence-electron chi connectivity index (χ0n) is 10.4. The Bertz CT molecular complexity index is 346. The van der Waals surface area contributed by atoms with Crippen molar-refractivity contribution in [2.75, 3.05) is 6.54 Å². The second kappa shape index (κ2) is 4.53. The molecule has 0 saturated heterocycles. The van der Waals surface area contributed by atoms with E-state index in [1.165, 1.54) is 19.3 Å². The third-order valence-electron chi connectivity index (χ3n) is 3.56. The Morgan fingerprint density at radius 3 is 2.88 bits per heavy atom. The molecule has 0 aromatic carbocycles. The lowest BCUT2D eigenvalue weighted by Crippen LogP contribution is -2.38. The van der Waals surface area contributed by atoms with Gasteiger partial charge in [-0.3, -0.25) is 0 Å². The van der Waals surface area contributed by atoms with Gasteiger partial charge in [0.05, 0.1) is 0 Å². The van der Waals surface area contributed by atoms with Crippen LogP contribution in [0.5, 0.6) is 0 Å². The van der Waals surface area contributed by atoms with Gasteiger partial charge < -0.3 is 9.84 Å². The number of aromatic nitrogens is 2. The highest BCUT2D eigenvalue weighted by atomic mass is 16.5. The highest BCUT2D eigenvalue weighted by Gasteiger charge is 2.33. The van der Waals surface area contributed by atoms with Gasteiger partial charge in [0.15, 0.2) is 5.82 Å². The second-order valence-corrected chi connectivity index (χ2v) is 5.37. The van der Waals surface area contributed by atoms with E-state index in [9.17, 15) is 0 Å². The molecule has 90 valence electrons. The van der Waals surface area contributed by atoms with Crippen molar-refractivity contribution in [3.05, 3.63) is 11.7 Å². The minimum absolute atomic E-state index is 0.435. The van der Waals surface area contributed by atoms with Crippen LogP contribution in [0.2, 0.25) is 0 Å². The van der Waals surface area contributed by atoms with E-state index < -0.39 is 0 Å². The first kappa shape index (κ1) is 11.6. The van der Waals surface area contributed by atoms with Crippen LogP contribution in [0.1, 0.15) is 44.8 Å². The zero-order chi connectivity index (χ0) is 11.6. The summed E-state index contributed by atoms with van der Waals surface area (Å²) in [4.78, 5) is 4.19. The molecule has 1 aliphatic carbocycles. The van der Waals surface area contributed by atoms with Crippen LogP contribution in [0.25, 0.3) is 0 Å². The van der Waals surface area contributed by atoms with Crippen molar-refractivity contribution in [2.24, 2.45) is 5.41 Å². The molecular formula is C12H21N3O. The van der Waals surface area contributed by atoms with Gasteiger partial charge in [-0.25, -0.2) is 0 Å². The molecule has 1 heterocycles. The van der Waals surface area contributed by atoms with E-state index in [0.717, 1.165) is 24.7 Å². The Labute approximate surface area is 96.8 Å². The van der Waals surface area contributed by atoms with Gasteiger partial charge in [-0.1, -0.05) is 25.4 Å². The van der Waals surface area contributed by atoms with Crippen LogP contribution in [0.15, 0.2) is 4.52 Å². The van der Waals surface area contributed by atoms with Crippen molar-refractivity contribution < 1.29 is 4.52 Å². The van der Waals surface area contributed by atoms with Crippen LogP contribution >= 0.6 is 0 Å². The lowest BCUT2D eigenvalue weighted by molar-refractivity contribution is 0.281. The van der Waals surface area contributed by atoms with Crippen LogP contribution in [0.3, 0.4) is 0 Å². The Kier molecular flexibility index (Phi) is 3.28. The van der Waals surface area contributed by atoms with Crippen LogP contribution in [0.4, 0.5) is 0 Å². The molecule has 16 heavy (non-hydrogen) atoms. The number of nitrogens with one attached hydrogen (secondary N) is 1. The van der Waals surface area contributed by atoms with E-state index in [4.69, 9.17) is 4.52 Å². The largest absolute Gasteiger partial charge is 0.339 e. The highest BCUT2D eigenvalue weighted by molar-refractivity contribution is 4.91. The lowest BCUT2D eigenvalue weighted by Gasteiger charge is -2.27. The first-order valence-corrected chi connectivity index (χ1v) is 6.10. The highest BCUT2D eigenvalue weighted by Crippen LogP contribution is 2.36. The number of hydrogen-bond donors (Lipinski definition) is 1. The van der Waals surface area contributed by atoms with E-state index >= 15 is 0 Å². The average molecular weight is 223 g/mol. The normalized spacial score (nSPS) is 23.8. The third-order valence-corrected chi connectivity index (χ3v) is 3.56. The molecule has 1 saturated carbocycles. The van der Waals surface area contributed by atoms with E-state index in [1.54, 1.807) is 0 Å². The second-order valence-electron chi connectivity index (χ2n) is 5.37. The molecule has 4 nitrogen and oxygen atoms in total. The predicted octanol–water partition coefficient (Wildman–Crippen LogP) is 2.09. The molecule has 1 N–H and O–H groups in total. The maximum atomic E-state index is 5.08. The van der Waals surface area contributed by atoms with Crippen molar-refractivity contribution in [1.29, 1.82) is 0 Å². The number of rotatable bonds is 4. The van der Waals surface area contributed by atoms with Crippen molar-refractivity contribution >= 4 is 0 Å². The Morgan fingerprint density at radius 1 is 1.50 bits per heavy atom. The molecule has 0 unspecified atom stereocenters. The molecule has 0 bridgehead atoms. The Morgan fingerprint density at radius 2 is 2.31 bits per heavy atom. The van der Waals surface area contributed by atoms with Gasteiger partial charge in [0.25, 0.3) is 0 Å². The van der Waals surface area contributed by atoms with Gasteiger partial charge in [0, 0.05) is 19.0 Å². The van der Waals surface area contributed by atoms with Crippen LogP contribution in [-0.4, -0.2) is 22.7 Å². The SMILES string of the molecule is Cc1noc(CCN[C@@H]2CCCC2(C)C)n1. The van der Waals surface area contributed by atoms with Gasteiger partial charge in [-0.2, -0.15) is 4.98 Å². The van der Waals surface area contributed by atoms with Gasteiger partial charge in [0.1, 0.15) is 0 Å². The molecule has 1 aromatic heterocycles. The van der Waals surface area contributed by atoms with Crippen LogP contribution in [-0.2, 0) is 6.42 Å². The Balaban J connectivity index is 1.76. The fourth-order valence-electron chi connectivity index (χ4n) is 2.50. The molecule has 4 heteroatoms. The van der Waals surface area contributed by atoms with Crippen molar-refractivity contribution in [3.63, 3.8) is 0 Å². The minimum Gasteiger partial charge on any atom is -0.339 e. The van der Waals surface area contributed by atoms with E-state index in [-0.39, 0.29) is 0 Å². The smallest absolute Gasteiger partial charge is 0.227 e. The quantitative estimate of drug-likeness (QED) is 0.849. The molecule has 1 aromatic rings. The van der Waals surface area contributed by atoms with Crippen molar-refractivity contribution in [2.45, 2.75) is 52.5 Å². The van der Waals surface area contributed by atoms with Crippen LogP contribution < -0.4 is 5.32 Å². The summed E-state index contributed by atoms with van der Waals surface area (Å²) < 4.78 is 5.08. The fourth-order valence-corrected chi connectivity index (χ4v) is 2.50. The Hall–Kier alpha value is -0.900. The molecule has 0 radical (unpaired) electrons. The maximum Gasteiger partial charge on any atom is 0.227 e. The third kappa shape index (κ3) is 2.61. The molecular weight excluding hydrogens is 202 g/mol. The standard InChI is InChI=1S/C12H21N3O/c1-9-14-11(16-15-9)6-8-13-10-5-4-7-12(10,2)3/h10,13H,4-8H2,1-3H3/t10-/m1/s1. The molecule has 2 rings (SSSR count). The summed E-state index contributed by atoms with van der Waals surface area (Å²) in [6.45, 7) is 7.46. The molecule has 0 spiro atoms. The van der Waals surface area contributed by atoms with Crippen molar-refractivity contribution in [3.8, 4) is 0 Å². The van der Waals surface area contributed by atoms with Gasteiger partial charge in [-0.15, -0.1) is 0 Å². The summed E-state index contributed by atoms with van der Waals surface area (Å²) in [5.74, 6) is 1.46. The first-order chi connectivity index (χ1) is 7.58. The van der Waals surface area contributed by atoms with Gasteiger partial charge in [0.2, 0.25) is 5.89 Å². The summed E-state index contributed by atoms with van der Waals surface area (Å²) in [5, 5.41) is 7.38. The van der Waals surface area contributed by atoms with E-state index in [0.29, 0.717) is 11.5 Å². The first-order valence-electron chi connectivity index (χ1n) is 6.10. The summed E-state index contributed by atoms with van der Waals surface area (Å²) in [5.41, 5.74) is 0.435. The monoisotopic (exact) mass is 223 g/mol. The average Bonchev–Trinajstić information content (AvgIpc) is 2.74. The summed E-state index contributed by atoms with van der Waals surface area (Å²) in [7, 11) is 0. The topological polar surface area (TPSA) is 51.0 Å². The van der Waals surface area contributed by atoms with Crippen molar-refractivity contribution in [1.82, 2.24) is 15.5 Å². The summed E-state index contributed by atoms with van der Waals surface area (Å²) in [6, 6.07) is 0.636. The van der Waals surface area contributed by atoms with E-state index in [2.05, 4.69) is 29.3 Å². The molecule has 0 aliphatic heterocycles.